The molecule has 3 aromatic carbocycles. The molecule has 3 aromatic rings. The number of ether oxygens (including phenoxy) is 2. The summed E-state index contributed by atoms with van der Waals surface area (Å²) >= 11 is 21.9. The third-order valence-corrected chi connectivity index (χ3v) is 6.16. The van der Waals surface area contributed by atoms with Crippen molar-refractivity contribution in [3.05, 3.63) is 90.8 Å². The minimum Gasteiger partial charge on any atom is -0.490 e. The second-order valence-corrected chi connectivity index (χ2v) is 9.04. The fraction of sp³-hybridized carbons (Fsp3) is 0.250. The molecule has 0 spiro atoms. The Kier molecular flexibility index (Phi) is 9.36. The first-order chi connectivity index (χ1) is 15.0. The fourth-order valence-corrected chi connectivity index (χ4v) is 4.23. The molecule has 0 atom stereocenters. The summed E-state index contributed by atoms with van der Waals surface area (Å²) in [7, 11) is 0. The smallest absolute Gasteiger partial charge is 0.162 e. The zero-order valence-corrected chi connectivity index (χ0v) is 20.9. The zero-order valence-electron chi connectivity index (χ0n) is 17.1. The fourth-order valence-electron chi connectivity index (χ4n) is 3.05. The van der Waals surface area contributed by atoms with Gasteiger partial charge in [-0.2, -0.15) is 0 Å². The van der Waals surface area contributed by atoms with E-state index in [2.05, 4.69) is 21.2 Å². The third-order valence-electron chi connectivity index (χ3n) is 4.60. The van der Waals surface area contributed by atoms with Gasteiger partial charge < -0.3 is 14.8 Å². The van der Waals surface area contributed by atoms with Crippen molar-refractivity contribution in [2.45, 2.75) is 26.5 Å². The highest BCUT2D eigenvalue weighted by atomic mass is 79.9. The van der Waals surface area contributed by atoms with Gasteiger partial charge in [-0.05, 0) is 73.0 Å². The average molecular weight is 544 g/mol. The Morgan fingerprint density at radius 3 is 2.39 bits per heavy atom. The number of hydrogen-bond acceptors (Lipinski definition) is 3. The minimum atomic E-state index is 0.409. The van der Waals surface area contributed by atoms with E-state index in [0.29, 0.717) is 46.3 Å². The molecule has 0 aliphatic heterocycles. The summed E-state index contributed by atoms with van der Waals surface area (Å²) in [5.74, 6) is 1.40. The summed E-state index contributed by atoms with van der Waals surface area (Å²) < 4.78 is 12.8. The summed E-state index contributed by atoms with van der Waals surface area (Å²) in [6, 6.07) is 17.2. The van der Waals surface area contributed by atoms with Crippen molar-refractivity contribution in [2.24, 2.45) is 0 Å². The second-order valence-electron chi connectivity index (χ2n) is 6.90. The highest BCUT2D eigenvalue weighted by molar-refractivity contribution is 9.10. The highest BCUT2D eigenvalue weighted by Gasteiger charge is 2.12. The Morgan fingerprint density at radius 1 is 0.871 bits per heavy atom. The van der Waals surface area contributed by atoms with Crippen LogP contribution in [0.5, 0.6) is 11.5 Å². The van der Waals surface area contributed by atoms with Crippen molar-refractivity contribution in [3.8, 4) is 11.5 Å². The molecule has 0 aliphatic rings. The minimum absolute atomic E-state index is 0.409. The molecule has 0 aromatic heterocycles. The summed E-state index contributed by atoms with van der Waals surface area (Å²) in [6.45, 7) is 4.38. The summed E-state index contributed by atoms with van der Waals surface area (Å²) in [6.07, 6.45) is 0.812. The summed E-state index contributed by atoms with van der Waals surface area (Å²) in [5.41, 5.74) is 3.15. The molecule has 164 valence electrons. The largest absolute Gasteiger partial charge is 0.490 e. The van der Waals surface area contributed by atoms with Crippen molar-refractivity contribution in [3.63, 3.8) is 0 Å². The second kappa shape index (κ2) is 12.0. The molecule has 0 fully saturated rings. The van der Waals surface area contributed by atoms with Crippen molar-refractivity contribution in [1.29, 1.82) is 0 Å². The van der Waals surface area contributed by atoms with Gasteiger partial charge in [0.05, 0.1) is 6.61 Å². The molecule has 0 saturated heterocycles. The number of rotatable bonds is 10. The van der Waals surface area contributed by atoms with E-state index in [1.165, 1.54) is 0 Å². The lowest BCUT2D eigenvalue weighted by atomic mass is 10.1. The predicted molar refractivity (Wildman–Crippen MR) is 133 cm³/mol. The molecule has 1 N–H and O–H groups in total. The van der Waals surface area contributed by atoms with Gasteiger partial charge >= 0.3 is 0 Å². The quantitative estimate of drug-likeness (QED) is 0.266. The van der Waals surface area contributed by atoms with Gasteiger partial charge in [-0.3, -0.25) is 0 Å². The van der Waals surface area contributed by atoms with E-state index in [4.69, 9.17) is 44.3 Å². The normalized spacial score (nSPS) is 10.9. The van der Waals surface area contributed by atoms with Crippen LogP contribution >= 0.6 is 50.7 Å². The maximum atomic E-state index is 6.25. The molecule has 31 heavy (non-hydrogen) atoms. The molecule has 0 unspecified atom stereocenters. The van der Waals surface area contributed by atoms with Crippen LogP contribution in [0.25, 0.3) is 0 Å². The third kappa shape index (κ3) is 7.30. The topological polar surface area (TPSA) is 30.5 Å². The van der Waals surface area contributed by atoms with Crippen molar-refractivity contribution >= 4 is 50.7 Å². The number of benzene rings is 3. The Labute approximate surface area is 206 Å². The van der Waals surface area contributed by atoms with Gasteiger partial charge in [0.2, 0.25) is 0 Å². The Bertz CT molecular complexity index is 1030. The zero-order chi connectivity index (χ0) is 22.2. The lowest BCUT2D eigenvalue weighted by molar-refractivity contribution is 0.269. The molecule has 0 heterocycles. The highest BCUT2D eigenvalue weighted by Crippen LogP contribution is 2.34. The molecule has 0 amide bonds. The number of hydrogen-bond donors (Lipinski definition) is 1. The number of halogens is 4. The van der Waals surface area contributed by atoms with Crippen molar-refractivity contribution in [2.75, 3.05) is 13.2 Å². The van der Waals surface area contributed by atoms with Crippen LogP contribution < -0.4 is 14.8 Å². The Balaban J connectivity index is 1.62. The molecular formula is C24H23BrCl3NO2. The average Bonchev–Trinajstić information content (AvgIpc) is 2.73. The van der Waals surface area contributed by atoms with E-state index in [0.717, 1.165) is 34.1 Å². The SMILES string of the molecule is CCOc1cc(CNCCc2ccc(Cl)cc2Cl)c(Br)cc1OCc1cccc(Cl)c1. The van der Waals surface area contributed by atoms with Crippen LogP contribution in [0.3, 0.4) is 0 Å². The van der Waals surface area contributed by atoms with Gasteiger partial charge in [0.15, 0.2) is 11.5 Å². The van der Waals surface area contributed by atoms with Gasteiger partial charge in [0, 0.05) is 26.1 Å². The first-order valence-electron chi connectivity index (χ1n) is 9.93. The monoisotopic (exact) mass is 541 g/mol. The molecule has 3 rings (SSSR count). The van der Waals surface area contributed by atoms with Crippen LogP contribution in [0.15, 0.2) is 59.1 Å². The maximum Gasteiger partial charge on any atom is 0.162 e. The first-order valence-corrected chi connectivity index (χ1v) is 11.9. The Morgan fingerprint density at radius 2 is 1.65 bits per heavy atom. The van der Waals surface area contributed by atoms with E-state index < -0.39 is 0 Å². The standard InChI is InChI=1S/C24H23BrCl3NO2/c1-2-30-23-11-18(14-29-9-8-17-6-7-20(27)12-22(17)28)21(25)13-24(23)31-15-16-4-3-5-19(26)10-16/h3-7,10-13,29H,2,8-9,14-15H2,1H3. The molecule has 0 saturated carbocycles. The van der Waals surface area contributed by atoms with Crippen molar-refractivity contribution < 1.29 is 9.47 Å². The lowest BCUT2D eigenvalue weighted by Gasteiger charge is -2.16. The van der Waals surface area contributed by atoms with Crippen LogP contribution in [0, 0.1) is 0 Å². The van der Waals surface area contributed by atoms with E-state index in [1.54, 1.807) is 6.07 Å². The van der Waals surface area contributed by atoms with E-state index in [1.807, 2.05) is 55.5 Å². The lowest BCUT2D eigenvalue weighted by Crippen LogP contribution is -2.17. The summed E-state index contributed by atoms with van der Waals surface area (Å²) in [4.78, 5) is 0. The van der Waals surface area contributed by atoms with E-state index >= 15 is 0 Å². The van der Waals surface area contributed by atoms with Gasteiger partial charge in [0.25, 0.3) is 0 Å². The maximum absolute atomic E-state index is 6.25. The molecule has 0 radical (unpaired) electrons. The number of nitrogens with one attached hydrogen (secondary N) is 1. The first kappa shape index (κ1) is 24.2. The van der Waals surface area contributed by atoms with Gasteiger partial charge in [0.1, 0.15) is 6.61 Å². The molecule has 0 aliphatic carbocycles. The van der Waals surface area contributed by atoms with Gasteiger partial charge in [-0.25, -0.2) is 0 Å². The van der Waals surface area contributed by atoms with Crippen LogP contribution in [-0.4, -0.2) is 13.2 Å². The van der Waals surface area contributed by atoms with Crippen LogP contribution in [0.2, 0.25) is 15.1 Å². The Hall–Kier alpha value is -1.43. The van der Waals surface area contributed by atoms with E-state index in [9.17, 15) is 0 Å². The van der Waals surface area contributed by atoms with Gasteiger partial charge in [-0.15, -0.1) is 0 Å². The van der Waals surface area contributed by atoms with Gasteiger partial charge in [-0.1, -0.05) is 68.9 Å². The van der Waals surface area contributed by atoms with Crippen LogP contribution in [0.1, 0.15) is 23.6 Å². The van der Waals surface area contributed by atoms with Crippen LogP contribution in [0.4, 0.5) is 0 Å². The molecule has 0 bridgehead atoms. The molecule has 3 nitrogen and oxygen atoms in total. The van der Waals surface area contributed by atoms with E-state index in [-0.39, 0.29) is 0 Å². The van der Waals surface area contributed by atoms with Crippen LogP contribution in [-0.2, 0) is 19.6 Å². The van der Waals surface area contributed by atoms with Crippen molar-refractivity contribution in [1.82, 2.24) is 5.32 Å². The predicted octanol–water partition coefficient (Wildman–Crippen LogP) is 7.72. The molecular weight excluding hydrogens is 521 g/mol. The molecule has 7 heteroatoms. The summed E-state index contributed by atoms with van der Waals surface area (Å²) in [5, 5.41) is 5.48.